The predicted molar refractivity (Wildman–Crippen MR) is 185 cm³/mol. The number of thiazole rings is 1. The maximum Gasteiger partial charge on any atom is 0.338 e. The molecule has 0 saturated carbocycles. The molecule has 46 heavy (non-hydrogen) atoms. The van der Waals surface area contributed by atoms with Crippen molar-refractivity contribution in [2.75, 3.05) is 13.7 Å². The van der Waals surface area contributed by atoms with Crippen LogP contribution in [0.25, 0.3) is 17.0 Å². The molecule has 3 aromatic carbocycles. The van der Waals surface area contributed by atoms with Crippen LogP contribution in [0.4, 0.5) is 0 Å². The van der Waals surface area contributed by atoms with Gasteiger partial charge in [-0.25, -0.2) is 9.79 Å². The topological polar surface area (TPSA) is 74.8 Å². The molecule has 0 unspecified atom stereocenters. The molecule has 0 radical (unpaired) electrons. The van der Waals surface area contributed by atoms with Crippen LogP contribution in [-0.2, 0) is 16.1 Å². The summed E-state index contributed by atoms with van der Waals surface area (Å²) in [6.07, 6.45) is 3.23. The minimum absolute atomic E-state index is 0.185. The molecule has 0 spiro atoms. The van der Waals surface area contributed by atoms with Crippen molar-refractivity contribution in [1.29, 1.82) is 0 Å². The van der Waals surface area contributed by atoms with E-state index in [0.29, 0.717) is 54.9 Å². The van der Waals surface area contributed by atoms with Crippen LogP contribution >= 0.6 is 34.5 Å². The Morgan fingerprint density at radius 1 is 1.04 bits per heavy atom. The van der Waals surface area contributed by atoms with Crippen molar-refractivity contribution in [3.63, 3.8) is 0 Å². The number of esters is 1. The number of rotatable bonds is 9. The van der Waals surface area contributed by atoms with Gasteiger partial charge in [0.2, 0.25) is 0 Å². The number of allylic oxidation sites excluding steroid dienone is 1. The lowest BCUT2D eigenvalue weighted by Gasteiger charge is -2.27. The standard InChI is InChI=1S/C36H33Cl2N3O4S/c1-5-9-28-32(35(43)45-6-2)33(27-18-24(38)16-17-30(27)44-4)41-34(42)31(46-36(41)39-28)19-26-21(3)40(29-11-8-7-10-25(26)29)20-22-12-14-23(37)15-13-22/h7-8,10-19,33H,5-6,9,20H2,1-4H3/b31-19+/t33-/m0/s1. The quantitative estimate of drug-likeness (QED) is 0.155. The largest absolute Gasteiger partial charge is 0.496 e. The van der Waals surface area contributed by atoms with Gasteiger partial charge in [0, 0.05) is 44.3 Å². The second-order valence-electron chi connectivity index (χ2n) is 11.0. The molecule has 6 rings (SSSR count). The SMILES string of the molecule is CCCC1=C(C(=O)OCC)[C@H](c2cc(Cl)ccc2OC)n2c(s/c(=C/c3c(C)n(Cc4ccc(Cl)cc4)c4ccccc34)c2=O)=N1. The van der Waals surface area contributed by atoms with Gasteiger partial charge < -0.3 is 14.0 Å². The molecule has 7 nitrogen and oxygen atoms in total. The number of hydrogen-bond donors (Lipinski definition) is 0. The fraction of sp³-hybridized carbons (Fsp3) is 0.250. The van der Waals surface area contributed by atoms with Gasteiger partial charge >= 0.3 is 5.97 Å². The molecule has 10 heteroatoms. The molecular formula is C36H33Cl2N3O4S. The summed E-state index contributed by atoms with van der Waals surface area (Å²) in [6, 6.07) is 20.4. The summed E-state index contributed by atoms with van der Waals surface area (Å²) >= 11 is 13.9. The first-order valence-corrected chi connectivity index (χ1v) is 16.7. The van der Waals surface area contributed by atoms with Gasteiger partial charge in [-0.3, -0.25) is 9.36 Å². The summed E-state index contributed by atoms with van der Waals surface area (Å²) in [7, 11) is 1.56. The fourth-order valence-electron chi connectivity index (χ4n) is 6.08. The summed E-state index contributed by atoms with van der Waals surface area (Å²) in [5.74, 6) is -0.0123. The van der Waals surface area contributed by atoms with Crippen molar-refractivity contribution in [2.45, 2.75) is 46.2 Å². The molecular weight excluding hydrogens is 641 g/mol. The summed E-state index contributed by atoms with van der Waals surface area (Å²) in [4.78, 5) is 33.5. The molecule has 0 bridgehead atoms. The average Bonchev–Trinajstić information content (AvgIpc) is 3.50. The minimum atomic E-state index is -0.833. The Balaban J connectivity index is 1.59. The lowest BCUT2D eigenvalue weighted by molar-refractivity contribution is -0.139. The van der Waals surface area contributed by atoms with Crippen LogP contribution in [0.1, 0.15) is 55.1 Å². The van der Waals surface area contributed by atoms with E-state index < -0.39 is 12.0 Å². The van der Waals surface area contributed by atoms with E-state index in [1.165, 1.54) is 11.3 Å². The van der Waals surface area contributed by atoms with Crippen LogP contribution in [0.3, 0.4) is 0 Å². The molecule has 5 aromatic rings. The maximum atomic E-state index is 14.5. The summed E-state index contributed by atoms with van der Waals surface area (Å²) in [5, 5.41) is 2.18. The molecule has 0 saturated heterocycles. The molecule has 0 N–H and O–H groups in total. The summed E-state index contributed by atoms with van der Waals surface area (Å²) < 4.78 is 15.6. The van der Waals surface area contributed by atoms with Gasteiger partial charge in [-0.05, 0) is 68.3 Å². The predicted octanol–water partition coefficient (Wildman–Crippen LogP) is 7.21. The lowest BCUT2D eigenvalue weighted by atomic mass is 9.93. The Morgan fingerprint density at radius 2 is 1.78 bits per heavy atom. The second kappa shape index (κ2) is 13.3. The number of carbonyl (C=O) groups is 1. The summed E-state index contributed by atoms with van der Waals surface area (Å²) in [6.45, 7) is 6.68. The average molecular weight is 675 g/mol. The zero-order chi connectivity index (χ0) is 32.5. The summed E-state index contributed by atoms with van der Waals surface area (Å²) in [5.41, 5.74) is 5.39. The molecule has 1 aliphatic rings. The molecule has 1 atom stereocenters. The van der Waals surface area contributed by atoms with Crippen LogP contribution in [0, 0.1) is 6.92 Å². The maximum absolute atomic E-state index is 14.5. The number of halogens is 2. The third kappa shape index (κ3) is 5.81. The fourth-order valence-corrected chi connectivity index (χ4v) is 7.39. The van der Waals surface area contributed by atoms with Crippen molar-refractivity contribution >= 4 is 57.5 Å². The van der Waals surface area contributed by atoms with Crippen LogP contribution in [0.2, 0.25) is 10.0 Å². The highest BCUT2D eigenvalue weighted by Gasteiger charge is 2.36. The van der Waals surface area contributed by atoms with Gasteiger partial charge in [0.1, 0.15) is 11.8 Å². The number of benzene rings is 3. The smallest absolute Gasteiger partial charge is 0.338 e. The first kappa shape index (κ1) is 31.9. The first-order valence-electron chi connectivity index (χ1n) is 15.1. The number of nitrogens with zero attached hydrogens (tertiary/aromatic N) is 3. The van der Waals surface area contributed by atoms with Crippen LogP contribution in [-0.4, -0.2) is 28.8 Å². The highest BCUT2D eigenvalue weighted by atomic mass is 35.5. The van der Waals surface area contributed by atoms with Gasteiger partial charge in [0.15, 0.2) is 4.80 Å². The first-order chi connectivity index (χ1) is 22.2. The van der Waals surface area contributed by atoms with E-state index in [2.05, 4.69) is 23.6 Å². The molecule has 2 aromatic heterocycles. The zero-order valence-electron chi connectivity index (χ0n) is 26.0. The van der Waals surface area contributed by atoms with Gasteiger partial charge in [-0.1, -0.05) is 78.2 Å². The van der Waals surface area contributed by atoms with E-state index in [1.807, 2.05) is 49.4 Å². The van der Waals surface area contributed by atoms with E-state index in [9.17, 15) is 9.59 Å². The highest BCUT2D eigenvalue weighted by molar-refractivity contribution is 7.07. The number of hydrogen-bond acceptors (Lipinski definition) is 6. The lowest BCUT2D eigenvalue weighted by Crippen LogP contribution is -2.40. The number of para-hydroxylation sites is 1. The van der Waals surface area contributed by atoms with Gasteiger partial charge in [0.25, 0.3) is 5.56 Å². The van der Waals surface area contributed by atoms with E-state index in [1.54, 1.807) is 36.8 Å². The Hall–Kier alpha value is -4.11. The van der Waals surface area contributed by atoms with E-state index in [0.717, 1.165) is 34.1 Å². The molecule has 0 fully saturated rings. The van der Waals surface area contributed by atoms with Crippen molar-refractivity contribution in [3.8, 4) is 5.75 Å². The molecule has 3 heterocycles. The van der Waals surface area contributed by atoms with Crippen LogP contribution < -0.4 is 19.6 Å². The van der Waals surface area contributed by atoms with Gasteiger partial charge in [0.05, 0.1) is 29.5 Å². The third-order valence-electron chi connectivity index (χ3n) is 8.19. The number of carbonyl (C=O) groups excluding carboxylic acids is 1. The van der Waals surface area contributed by atoms with Crippen molar-refractivity contribution < 1.29 is 14.3 Å². The number of aromatic nitrogens is 2. The highest BCUT2D eigenvalue weighted by Crippen LogP contribution is 2.38. The van der Waals surface area contributed by atoms with Crippen molar-refractivity contribution in [1.82, 2.24) is 9.13 Å². The second-order valence-corrected chi connectivity index (χ2v) is 12.9. The van der Waals surface area contributed by atoms with Gasteiger partial charge in [-0.2, -0.15) is 0 Å². The monoisotopic (exact) mass is 673 g/mol. The van der Waals surface area contributed by atoms with Crippen molar-refractivity contribution in [2.24, 2.45) is 4.99 Å². The Morgan fingerprint density at radius 3 is 2.50 bits per heavy atom. The Kier molecular flexibility index (Phi) is 9.22. The van der Waals surface area contributed by atoms with Gasteiger partial charge in [-0.15, -0.1) is 0 Å². The molecule has 0 aliphatic carbocycles. The number of ether oxygens (including phenoxy) is 2. The third-order valence-corrected chi connectivity index (χ3v) is 9.66. The number of fused-ring (bicyclic) bond motifs is 2. The normalized spacial score (nSPS) is 14.8. The van der Waals surface area contributed by atoms with Crippen LogP contribution in [0.15, 0.2) is 87.8 Å². The van der Waals surface area contributed by atoms with E-state index >= 15 is 0 Å². The zero-order valence-corrected chi connectivity index (χ0v) is 28.3. The minimum Gasteiger partial charge on any atom is -0.496 e. The number of methoxy groups -OCH3 is 1. The molecule has 236 valence electrons. The van der Waals surface area contributed by atoms with E-state index in [-0.39, 0.29) is 12.2 Å². The Bertz CT molecular complexity index is 2180. The Labute approximate surface area is 280 Å². The van der Waals surface area contributed by atoms with Crippen LogP contribution in [0.5, 0.6) is 5.75 Å². The van der Waals surface area contributed by atoms with E-state index in [4.69, 9.17) is 37.7 Å². The molecule has 1 aliphatic heterocycles. The van der Waals surface area contributed by atoms with Crippen molar-refractivity contribution in [3.05, 3.63) is 130 Å². The molecule has 0 amide bonds.